The van der Waals surface area contributed by atoms with Gasteiger partial charge in [-0.1, -0.05) is 42.5 Å². The van der Waals surface area contributed by atoms with Crippen molar-refractivity contribution in [1.82, 2.24) is 0 Å². The molecule has 3 rings (SSSR count). The quantitative estimate of drug-likeness (QED) is 0.767. The van der Waals surface area contributed by atoms with Crippen molar-refractivity contribution < 1.29 is 9.53 Å². The van der Waals surface area contributed by atoms with Crippen molar-refractivity contribution in [2.75, 3.05) is 6.61 Å². The van der Waals surface area contributed by atoms with Crippen LogP contribution in [0.1, 0.15) is 24.8 Å². The molecule has 1 aliphatic rings. The molecule has 2 atom stereocenters. The standard InChI is InChI=1S/C16H16O2/c1-2-18-16(17)15-10-14(15)13-8-7-11-5-3-4-6-12(11)9-13/h3-9,14-15H,2,10H2,1H3/t14-,15+/m0/s1. The van der Waals surface area contributed by atoms with Gasteiger partial charge in [-0.05, 0) is 35.6 Å². The van der Waals surface area contributed by atoms with E-state index in [-0.39, 0.29) is 11.9 Å². The van der Waals surface area contributed by atoms with Crippen molar-refractivity contribution >= 4 is 16.7 Å². The Kier molecular flexibility index (Phi) is 2.78. The van der Waals surface area contributed by atoms with Crippen LogP contribution in [0.15, 0.2) is 42.5 Å². The van der Waals surface area contributed by atoms with Gasteiger partial charge in [0.1, 0.15) is 0 Å². The third-order valence-corrected chi connectivity index (χ3v) is 3.58. The lowest BCUT2D eigenvalue weighted by molar-refractivity contribution is -0.144. The molecule has 1 saturated carbocycles. The molecule has 0 aliphatic heterocycles. The molecule has 0 amide bonds. The van der Waals surface area contributed by atoms with Gasteiger partial charge in [0.15, 0.2) is 0 Å². The van der Waals surface area contributed by atoms with E-state index >= 15 is 0 Å². The van der Waals surface area contributed by atoms with Gasteiger partial charge in [-0.2, -0.15) is 0 Å². The van der Waals surface area contributed by atoms with Crippen LogP contribution >= 0.6 is 0 Å². The predicted octanol–water partition coefficient (Wildman–Crippen LogP) is 3.51. The first kappa shape index (κ1) is 11.3. The van der Waals surface area contributed by atoms with Crippen LogP contribution in [0.3, 0.4) is 0 Å². The Hall–Kier alpha value is -1.83. The van der Waals surface area contributed by atoms with E-state index in [1.165, 1.54) is 16.3 Å². The summed E-state index contributed by atoms with van der Waals surface area (Å²) < 4.78 is 5.07. The number of benzene rings is 2. The third kappa shape index (κ3) is 1.99. The fourth-order valence-electron chi connectivity index (χ4n) is 2.51. The SMILES string of the molecule is CCOC(=O)[C@@H]1C[C@H]1c1ccc2ccccc2c1. The maximum atomic E-state index is 11.6. The number of hydrogen-bond acceptors (Lipinski definition) is 2. The topological polar surface area (TPSA) is 26.3 Å². The minimum atomic E-state index is -0.0457. The van der Waals surface area contributed by atoms with Crippen LogP contribution in [0.2, 0.25) is 0 Å². The van der Waals surface area contributed by atoms with Crippen molar-refractivity contribution in [1.29, 1.82) is 0 Å². The Bertz CT molecular complexity index is 588. The highest BCUT2D eigenvalue weighted by Gasteiger charge is 2.45. The Balaban J connectivity index is 1.82. The summed E-state index contributed by atoms with van der Waals surface area (Å²) in [5, 5.41) is 2.49. The molecule has 0 bridgehead atoms. The van der Waals surface area contributed by atoms with Crippen LogP contribution < -0.4 is 0 Å². The van der Waals surface area contributed by atoms with E-state index in [2.05, 4.69) is 30.3 Å². The minimum absolute atomic E-state index is 0.0457. The van der Waals surface area contributed by atoms with Crippen LogP contribution in [-0.2, 0) is 9.53 Å². The second kappa shape index (κ2) is 4.45. The van der Waals surface area contributed by atoms with Crippen molar-refractivity contribution in [3.63, 3.8) is 0 Å². The fourth-order valence-corrected chi connectivity index (χ4v) is 2.51. The van der Waals surface area contributed by atoms with Crippen LogP contribution in [0, 0.1) is 5.92 Å². The molecule has 0 saturated heterocycles. The maximum Gasteiger partial charge on any atom is 0.309 e. The summed E-state index contributed by atoms with van der Waals surface area (Å²) in [6.45, 7) is 2.32. The normalized spacial score (nSPS) is 21.8. The largest absolute Gasteiger partial charge is 0.466 e. The first-order chi connectivity index (χ1) is 8.79. The van der Waals surface area contributed by atoms with Crippen LogP contribution in [0.25, 0.3) is 10.8 Å². The maximum absolute atomic E-state index is 11.6. The van der Waals surface area contributed by atoms with E-state index in [1.54, 1.807) is 0 Å². The lowest BCUT2D eigenvalue weighted by Crippen LogP contribution is -2.07. The van der Waals surface area contributed by atoms with Crippen molar-refractivity contribution in [3.05, 3.63) is 48.0 Å². The highest BCUT2D eigenvalue weighted by atomic mass is 16.5. The molecular weight excluding hydrogens is 224 g/mol. The Labute approximate surface area is 107 Å². The Morgan fingerprint density at radius 2 is 2.00 bits per heavy atom. The van der Waals surface area contributed by atoms with Gasteiger partial charge >= 0.3 is 5.97 Å². The molecule has 2 heteroatoms. The van der Waals surface area contributed by atoms with Gasteiger partial charge in [0.25, 0.3) is 0 Å². The van der Waals surface area contributed by atoms with Gasteiger partial charge in [0, 0.05) is 0 Å². The zero-order valence-corrected chi connectivity index (χ0v) is 10.4. The van der Waals surface area contributed by atoms with E-state index in [9.17, 15) is 4.79 Å². The number of carbonyl (C=O) groups is 1. The molecule has 18 heavy (non-hydrogen) atoms. The molecule has 0 aromatic heterocycles. The number of ether oxygens (including phenoxy) is 1. The summed E-state index contributed by atoms with van der Waals surface area (Å²) in [5.41, 5.74) is 1.26. The fraction of sp³-hybridized carbons (Fsp3) is 0.312. The van der Waals surface area contributed by atoms with E-state index < -0.39 is 0 Å². The molecule has 2 nitrogen and oxygen atoms in total. The number of rotatable bonds is 3. The molecule has 0 spiro atoms. The molecule has 2 aromatic rings. The van der Waals surface area contributed by atoms with Gasteiger partial charge in [-0.25, -0.2) is 0 Å². The molecule has 2 aromatic carbocycles. The number of carbonyl (C=O) groups excluding carboxylic acids is 1. The lowest BCUT2D eigenvalue weighted by Gasteiger charge is -2.03. The monoisotopic (exact) mass is 240 g/mol. The smallest absolute Gasteiger partial charge is 0.309 e. The highest BCUT2D eigenvalue weighted by molar-refractivity contribution is 5.84. The van der Waals surface area contributed by atoms with Gasteiger partial charge in [-0.3, -0.25) is 4.79 Å². The van der Waals surface area contributed by atoms with Gasteiger partial charge < -0.3 is 4.74 Å². The van der Waals surface area contributed by atoms with E-state index in [4.69, 9.17) is 4.74 Å². The number of esters is 1. The molecule has 1 aliphatic carbocycles. The van der Waals surface area contributed by atoms with Crippen LogP contribution in [0.4, 0.5) is 0 Å². The Morgan fingerprint density at radius 1 is 1.22 bits per heavy atom. The van der Waals surface area contributed by atoms with Gasteiger partial charge in [-0.15, -0.1) is 0 Å². The molecule has 0 N–H and O–H groups in total. The second-order valence-electron chi connectivity index (χ2n) is 4.81. The molecule has 0 unspecified atom stereocenters. The van der Waals surface area contributed by atoms with Crippen molar-refractivity contribution in [3.8, 4) is 0 Å². The molecular formula is C16H16O2. The number of fused-ring (bicyclic) bond motifs is 1. The van der Waals surface area contributed by atoms with E-state index in [0.29, 0.717) is 12.5 Å². The van der Waals surface area contributed by atoms with Crippen molar-refractivity contribution in [2.24, 2.45) is 5.92 Å². The average molecular weight is 240 g/mol. The average Bonchev–Trinajstić information content (AvgIpc) is 3.19. The zero-order chi connectivity index (χ0) is 12.5. The first-order valence-corrected chi connectivity index (χ1v) is 6.45. The van der Waals surface area contributed by atoms with Crippen LogP contribution in [0.5, 0.6) is 0 Å². The van der Waals surface area contributed by atoms with Crippen LogP contribution in [-0.4, -0.2) is 12.6 Å². The van der Waals surface area contributed by atoms with Gasteiger partial charge in [0.05, 0.1) is 12.5 Å². The lowest BCUT2D eigenvalue weighted by atomic mass is 10.0. The number of hydrogen-bond donors (Lipinski definition) is 0. The zero-order valence-electron chi connectivity index (χ0n) is 10.4. The second-order valence-corrected chi connectivity index (χ2v) is 4.81. The minimum Gasteiger partial charge on any atom is -0.466 e. The van der Waals surface area contributed by atoms with E-state index in [1.807, 2.05) is 19.1 Å². The summed E-state index contributed by atoms with van der Waals surface area (Å²) in [6.07, 6.45) is 0.928. The first-order valence-electron chi connectivity index (χ1n) is 6.45. The summed E-state index contributed by atoms with van der Waals surface area (Å²) in [6, 6.07) is 14.8. The summed E-state index contributed by atoms with van der Waals surface area (Å²) >= 11 is 0. The Morgan fingerprint density at radius 3 is 2.78 bits per heavy atom. The predicted molar refractivity (Wildman–Crippen MR) is 71.4 cm³/mol. The summed E-state index contributed by atoms with van der Waals surface area (Å²) in [5.74, 6) is 0.385. The van der Waals surface area contributed by atoms with E-state index in [0.717, 1.165) is 6.42 Å². The molecule has 92 valence electrons. The third-order valence-electron chi connectivity index (χ3n) is 3.58. The highest BCUT2D eigenvalue weighted by Crippen LogP contribution is 2.48. The van der Waals surface area contributed by atoms with Crippen molar-refractivity contribution in [2.45, 2.75) is 19.3 Å². The summed E-state index contributed by atoms with van der Waals surface area (Å²) in [4.78, 5) is 11.6. The summed E-state index contributed by atoms with van der Waals surface area (Å²) in [7, 11) is 0. The molecule has 1 fully saturated rings. The van der Waals surface area contributed by atoms with Gasteiger partial charge in [0.2, 0.25) is 0 Å². The molecule has 0 radical (unpaired) electrons. The molecule has 0 heterocycles.